The van der Waals surface area contributed by atoms with Crippen LogP contribution in [0.1, 0.15) is 50.5 Å². The molecule has 2 atom stereocenters. The van der Waals surface area contributed by atoms with Gasteiger partial charge >= 0.3 is 0 Å². The van der Waals surface area contributed by atoms with Gasteiger partial charge in [0.05, 0.1) is 17.1 Å². The van der Waals surface area contributed by atoms with Crippen LogP contribution in [0.2, 0.25) is 0 Å². The minimum absolute atomic E-state index is 0.230. The fourth-order valence-electron chi connectivity index (χ4n) is 6.93. The van der Waals surface area contributed by atoms with Gasteiger partial charge in [-0.05, 0) is 67.9 Å². The van der Waals surface area contributed by atoms with E-state index in [1.807, 2.05) is 0 Å². The Balaban J connectivity index is 1.34. The van der Waals surface area contributed by atoms with Gasteiger partial charge in [-0.15, -0.1) is 0 Å². The van der Waals surface area contributed by atoms with Gasteiger partial charge in [-0.2, -0.15) is 0 Å². The summed E-state index contributed by atoms with van der Waals surface area (Å²) in [7, 11) is 0. The van der Waals surface area contributed by atoms with Crippen molar-refractivity contribution in [2.45, 2.75) is 45.6 Å². The fourth-order valence-corrected chi connectivity index (χ4v) is 6.93. The van der Waals surface area contributed by atoms with Crippen LogP contribution in [-0.2, 0) is 6.42 Å². The van der Waals surface area contributed by atoms with Crippen molar-refractivity contribution in [3.8, 4) is 22.3 Å². The van der Waals surface area contributed by atoms with Crippen molar-refractivity contribution >= 4 is 32.6 Å². The zero-order chi connectivity index (χ0) is 30.0. The molecule has 1 aromatic heterocycles. The minimum Gasteiger partial charge on any atom is -0.321 e. The number of aryl methyl sites for hydroxylation is 1. The molecule has 0 aliphatic rings. The van der Waals surface area contributed by atoms with Gasteiger partial charge in [0.1, 0.15) is 5.82 Å². The molecule has 6 aromatic carbocycles. The van der Waals surface area contributed by atoms with Crippen LogP contribution in [-0.4, -0.2) is 9.55 Å². The maximum Gasteiger partial charge on any atom is 0.110 e. The van der Waals surface area contributed by atoms with Gasteiger partial charge in [-0.1, -0.05) is 148 Å². The number of aromatic nitrogens is 2. The number of rotatable bonds is 8. The summed E-state index contributed by atoms with van der Waals surface area (Å²) in [5, 5.41) is 5.24. The highest BCUT2D eigenvalue weighted by Gasteiger charge is 2.19. The van der Waals surface area contributed by atoms with E-state index in [1.54, 1.807) is 0 Å². The lowest BCUT2D eigenvalue weighted by atomic mass is 9.84. The van der Waals surface area contributed by atoms with Crippen LogP contribution in [0.15, 0.2) is 140 Å². The maximum atomic E-state index is 4.96. The van der Waals surface area contributed by atoms with E-state index in [1.165, 1.54) is 54.9 Å². The molecule has 0 fully saturated rings. The Morgan fingerprint density at radius 1 is 0.591 bits per heavy atom. The molecular weight excluding hydrogens is 532 g/mol. The molecular formula is C42H38N2. The van der Waals surface area contributed by atoms with E-state index in [-0.39, 0.29) is 12.0 Å². The molecule has 7 rings (SSSR count). The molecule has 1 heterocycles. The van der Waals surface area contributed by atoms with E-state index in [2.05, 4.69) is 165 Å². The Morgan fingerprint density at radius 2 is 1.14 bits per heavy atom. The topological polar surface area (TPSA) is 17.8 Å². The second-order valence-electron chi connectivity index (χ2n) is 11.7. The van der Waals surface area contributed by atoms with Crippen molar-refractivity contribution in [1.29, 1.82) is 0 Å². The van der Waals surface area contributed by atoms with Crippen molar-refractivity contribution in [2.24, 2.45) is 0 Å². The second-order valence-corrected chi connectivity index (χ2v) is 11.7. The molecule has 7 aromatic rings. The number of benzene rings is 6. The number of nitrogens with zero attached hydrogens (tertiary/aromatic N) is 2. The lowest BCUT2D eigenvalue weighted by Crippen LogP contribution is -2.09. The average Bonchev–Trinajstić information content (AvgIpc) is 3.46. The first kappa shape index (κ1) is 27.9. The maximum absolute atomic E-state index is 4.96. The summed E-state index contributed by atoms with van der Waals surface area (Å²) >= 11 is 0. The van der Waals surface area contributed by atoms with Crippen LogP contribution in [0.5, 0.6) is 0 Å². The smallest absolute Gasteiger partial charge is 0.110 e. The Hall–Kier alpha value is -4.95. The highest BCUT2D eigenvalue weighted by atomic mass is 15.1. The molecule has 0 radical (unpaired) electrons. The van der Waals surface area contributed by atoms with Gasteiger partial charge in [0.15, 0.2) is 0 Å². The average molecular weight is 571 g/mol. The molecule has 0 spiro atoms. The zero-order valence-corrected chi connectivity index (χ0v) is 25.7. The number of fused-ring (bicyclic) bond motifs is 3. The summed E-state index contributed by atoms with van der Waals surface area (Å²) in [5.74, 6) is 1.38. The van der Waals surface area contributed by atoms with Crippen molar-refractivity contribution in [2.75, 3.05) is 0 Å². The van der Waals surface area contributed by atoms with E-state index in [4.69, 9.17) is 4.98 Å². The lowest BCUT2D eigenvalue weighted by Gasteiger charge is -2.21. The van der Waals surface area contributed by atoms with Crippen LogP contribution in [0.4, 0.5) is 0 Å². The fraction of sp³-hybridized carbons (Fsp3) is 0.167. The summed E-state index contributed by atoms with van der Waals surface area (Å²) in [4.78, 5) is 4.96. The van der Waals surface area contributed by atoms with E-state index in [9.17, 15) is 0 Å². The summed E-state index contributed by atoms with van der Waals surface area (Å²) in [6.45, 7) is 6.82. The molecule has 2 nitrogen and oxygen atoms in total. The Labute approximate surface area is 260 Å². The number of imidazole rings is 1. The van der Waals surface area contributed by atoms with Gasteiger partial charge < -0.3 is 4.57 Å². The summed E-state index contributed by atoms with van der Waals surface area (Å²) in [5.41, 5.74) is 8.71. The number of hydrogen-bond donors (Lipinski definition) is 0. The molecule has 0 bridgehead atoms. The van der Waals surface area contributed by atoms with E-state index < -0.39 is 0 Å². The Bertz CT molecular complexity index is 2040. The quantitative estimate of drug-likeness (QED) is 0.131. The molecule has 0 aliphatic heterocycles. The molecule has 0 saturated heterocycles. The van der Waals surface area contributed by atoms with E-state index >= 15 is 0 Å². The third-order valence-corrected chi connectivity index (χ3v) is 9.07. The lowest BCUT2D eigenvalue weighted by molar-refractivity contribution is 0.573. The van der Waals surface area contributed by atoms with E-state index in [0.29, 0.717) is 0 Å². The number of para-hydroxylation sites is 2. The van der Waals surface area contributed by atoms with Crippen LogP contribution in [0.25, 0.3) is 54.8 Å². The molecule has 0 aliphatic carbocycles. The predicted octanol–water partition coefficient (Wildman–Crippen LogP) is 11.6. The largest absolute Gasteiger partial charge is 0.321 e. The molecule has 216 valence electrons. The van der Waals surface area contributed by atoms with Crippen LogP contribution < -0.4 is 0 Å². The molecule has 44 heavy (non-hydrogen) atoms. The minimum atomic E-state index is 0.230. The number of hydrogen-bond acceptors (Lipinski definition) is 1. The van der Waals surface area contributed by atoms with Crippen molar-refractivity contribution in [3.63, 3.8) is 0 Å². The van der Waals surface area contributed by atoms with Crippen molar-refractivity contribution in [3.05, 3.63) is 151 Å². The van der Waals surface area contributed by atoms with E-state index in [0.717, 1.165) is 24.2 Å². The van der Waals surface area contributed by atoms with Gasteiger partial charge in [-0.25, -0.2) is 4.98 Å². The molecule has 0 saturated carbocycles. The molecule has 2 heteroatoms. The predicted molar refractivity (Wildman–Crippen MR) is 188 cm³/mol. The standard InChI is InChI=1S/C42H38N2/c1-4-33(44-39-22-14-13-21-38(39)43-40(44)5-2)28-23-29(3)41-34-17-9-11-19-36(34)42(37-20-12-10-18-35(37)41)32-26-24-31(25-27-32)30-15-7-6-8-16-30/h6-29,33H,4-5H2,1-3H3/b28-23-. The van der Waals surface area contributed by atoms with Crippen LogP contribution in [0, 0.1) is 0 Å². The highest BCUT2D eigenvalue weighted by Crippen LogP contribution is 2.42. The molecule has 0 amide bonds. The summed E-state index contributed by atoms with van der Waals surface area (Å²) < 4.78 is 2.44. The van der Waals surface area contributed by atoms with Gasteiger partial charge in [-0.3, -0.25) is 0 Å². The van der Waals surface area contributed by atoms with Crippen LogP contribution >= 0.6 is 0 Å². The second kappa shape index (κ2) is 12.0. The monoisotopic (exact) mass is 570 g/mol. The van der Waals surface area contributed by atoms with Gasteiger partial charge in [0.25, 0.3) is 0 Å². The first-order chi connectivity index (χ1) is 21.7. The molecule has 2 unspecified atom stereocenters. The van der Waals surface area contributed by atoms with Crippen molar-refractivity contribution in [1.82, 2.24) is 9.55 Å². The Kier molecular flexibility index (Phi) is 7.58. The van der Waals surface area contributed by atoms with Crippen LogP contribution in [0.3, 0.4) is 0 Å². The zero-order valence-electron chi connectivity index (χ0n) is 25.7. The van der Waals surface area contributed by atoms with Crippen molar-refractivity contribution < 1.29 is 0 Å². The third kappa shape index (κ3) is 4.91. The first-order valence-electron chi connectivity index (χ1n) is 15.9. The van der Waals surface area contributed by atoms with Gasteiger partial charge in [0, 0.05) is 12.3 Å². The normalized spacial score (nSPS) is 13.2. The SMILES string of the molecule is CCc1nc2ccccc2n1C(/C=C\C(C)c1c2ccccc2c(-c2ccc(-c3ccccc3)cc2)c2ccccc12)CC. The number of allylic oxidation sites excluding steroid dienone is 2. The first-order valence-corrected chi connectivity index (χ1v) is 15.9. The summed E-state index contributed by atoms with van der Waals surface area (Å²) in [6.07, 6.45) is 6.76. The Morgan fingerprint density at radius 3 is 1.77 bits per heavy atom. The molecule has 0 N–H and O–H groups in total. The van der Waals surface area contributed by atoms with Gasteiger partial charge in [0.2, 0.25) is 0 Å². The summed E-state index contributed by atoms with van der Waals surface area (Å²) in [6, 6.07) is 46.4. The highest BCUT2D eigenvalue weighted by molar-refractivity contribution is 6.15. The third-order valence-electron chi connectivity index (χ3n) is 9.07.